The fourth-order valence-electron chi connectivity index (χ4n) is 4.37. The van der Waals surface area contributed by atoms with Crippen LogP contribution in [0, 0.1) is 5.92 Å². The van der Waals surface area contributed by atoms with Crippen LogP contribution in [0.2, 0.25) is 5.02 Å². The number of aromatic nitrogens is 4. The van der Waals surface area contributed by atoms with Gasteiger partial charge in [-0.05, 0) is 50.5 Å². The predicted molar refractivity (Wildman–Crippen MR) is 130 cm³/mol. The lowest BCUT2D eigenvalue weighted by molar-refractivity contribution is 0.0699. The van der Waals surface area contributed by atoms with E-state index in [1.54, 1.807) is 19.5 Å². The molecule has 10 heteroatoms. The molecule has 2 fully saturated rings. The smallest absolute Gasteiger partial charge is 0.223 e. The van der Waals surface area contributed by atoms with E-state index in [-0.39, 0.29) is 0 Å². The molecule has 0 aromatic carbocycles. The Bertz CT molecular complexity index is 874. The van der Waals surface area contributed by atoms with E-state index in [4.69, 9.17) is 21.1 Å². The van der Waals surface area contributed by atoms with E-state index < -0.39 is 0 Å². The van der Waals surface area contributed by atoms with Gasteiger partial charge in [0.1, 0.15) is 5.69 Å². The van der Waals surface area contributed by atoms with Crippen LogP contribution in [0.4, 0.5) is 11.9 Å². The molecule has 1 saturated carbocycles. The summed E-state index contributed by atoms with van der Waals surface area (Å²) in [7, 11) is 1.73. The summed E-state index contributed by atoms with van der Waals surface area (Å²) in [6, 6.07) is 2.73. The zero-order valence-corrected chi connectivity index (χ0v) is 20.0. The number of ether oxygens (including phenoxy) is 2. The maximum absolute atomic E-state index is 6.44. The number of hydrogen-bond donors (Lipinski definition) is 3. The Hall–Kier alpha value is -2.07. The van der Waals surface area contributed by atoms with Crippen LogP contribution in [0.15, 0.2) is 18.5 Å². The van der Waals surface area contributed by atoms with Crippen molar-refractivity contribution in [3.8, 4) is 11.4 Å². The third-order valence-electron chi connectivity index (χ3n) is 6.33. The third kappa shape index (κ3) is 7.20. The van der Waals surface area contributed by atoms with Crippen LogP contribution in [0.1, 0.15) is 38.5 Å². The van der Waals surface area contributed by atoms with Gasteiger partial charge in [0.05, 0.1) is 23.5 Å². The summed E-state index contributed by atoms with van der Waals surface area (Å²) in [4.78, 5) is 18.1. The largest absolute Gasteiger partial charge is 0.383 e. The Morgan fingerprint density at radius 1 is 1.03 bits per heavy atom. The van der Waals surface area contributed by atoms with Crippen molar-refractivity contribution in [2.24, 2.45) is 5.92 Å². The first kappa shape index (κ1) is 24.1. The Labute approximate surface area is 200 Å². The molecule has 2 aromatic rings. The molecule has 0 bridgehead atoms. The van der Waals surface area contributed by atoms with Gasteiger partial charge >= 0.3 is 0 Å². The van der Waals surface area contributed by atoms with E-state index in [0.717, 1.165) is 71.4 Å². The van der Waals surface area contributed by atoms with Crippen molar-refractivity contribution in [3.05, 3.63) is 23.5 Å². The van der Waals surface area contributed by atoms with Crippen molar-refractivity contribution in [3.63, 3.8) is 0 Å². The van der Waals surface area contributed by atoms with Gasteiger partial charge in [0, 0.05) is 51.7 Å². The van der Waals surface area contributed by atoms with Crippen LogP contribution in [0.5, 0.6) is 0 Å². The van der Waals surface area contributed by atoms with E-state index in [2.05, 4.69) is 35.9 Å². The molecular formula is C23H34ClN7O2. The lowest BCUT2D eigenvalue weighted by atomic mass is 9.91. The van der Waals surface area contributed by atoms with Gasteiger partial charge in [0.2, 0.25) is 11.9 Å². The van der Waals surface area contributed by atoms with E-state index >= 15 is 0 Å². The SMILES string of the molecule is COCCNC1CCC(Nc2ncc(Cl)c(-c3ccnc(NCC4CCOCC4)n3)n2)CC1. The number of rotatable bonds is 10. The minimum absolute atomic E-state index is 0.349. The summed E-state index contributed by atoms with van der Waals surface area (Å²) >= 11 is 6.44. The molecule has 1 aliphatic carbocycles. The molecule has 4 rings (SSSR count). The van der Waals surface area contributed by atoms with Gasteiger partial charge < -0.3 is 25.4 Å². The lowest BCUT2D eigenvalue weighted by Gasteiger charge is -2.29. The van der Waals surface area contributed by atoms with Crippen molar-refractivity contribution < 1.29 is 9.47 Å². The number of methoxy groups -OCH3 is 1. The van der Waals surface area contributed by atoms with Crippen LogP contribution < -0.4 is 16.0 Å². The Kier molecular flexibility index (Phi) is 9.05. The molecule has 33 heavy (non-hydrogen) atoms. The molecule has 0 amide bonds. The quantitative estimate of drug-likeness (QED) is 0.446. The monoisotopic (exact) mass is 475 g/mol. The number of nitrogens with one attached hydrogen (secondary N) is 3. The summed E-state index contributed by atoms with van der Waals surface area (Å²) in [5, 5.41) is 10.9. The summed E-state index contributed by atoms with van der Waals surface area (Å²) in [5.41, 5.74) is 1.29. The summed E-state index contributed by atoms with van der Waals surface area (Å²) in [5.74, 6) is 1.75. The van der Waals surface area contributed by atoms with Crippen molar-refractivity contribution in [1.29, 1.82) is 0 Å². The minimum Gasteiger partial charge on any atom is -0.383 e. The van der Waals surface area contributed by atoms with Gasteiger partial charge in [-0.15, -0.1) is 0 Å². The molecule has 2 aromatic heterocycles. The highest BCUT2D eigenvalue weighted by molar-refractivity contribution is 6.32. The second-order valence-corrected chi connectivity index (χ2v) is 9.14. The van der Waals surface area contributed by atoms with Crippen molar-refractivity contribution in [2.45, 2.75) is 50.6 Å². The topological polar surface area (TPSA) is 106 Å². The highest BCUT2D eigenvalue weighted by Crippen LogP contribution is 2.27. The predicted octanol–water partition coefficient (Wildman–Crippen LogP) is 3.38. The Morgan fingerprint density at radius 2 is 1.82 bits per heavy atom. The zero-order valence-electron chi connectivity index (χ0n) is 19.2. The number of nitrogens with zero attached hydrogens (tertiary/aromatic N) is 4. The Balaban J connectivity index is 1.34. The molecule has 0 spiro atoms. The van der Waals surface area contributed by atoms with Crippen LogP contribution in [-0.2, 0) is 9.47 Å². The van der Waals surface area contributed by atoms with Crippen LogP contribution in [0.3, 0.4) is 0 Å². The van der Waals surface area contributed by atoms with Crippen LogP contribution in [0.25, 0.3) is 11.4 Å². The summed E-state index contributed by atoms with van der Waals surface area (Å²) in [6.07, 6.45) is 9.87. The fraction of sp³-hybridized carbons (Fsp3) is 0.652. The maximum Gasteiger partial charge on any atom is 0.223 e. The first-order valence-corrected chi connectivity index (χ1v) is 12.3. The highest BCUT2D eigenvalue weighted by atomic mass is 35.5. The average molecular weight is 476 g/mol. The van der Waals surface area contributed by atoms with E-state index in [1.807, 2.05) is 6.07 Å². The average Bonchev–Trinajstić information content (AvgIpc) is 2.86. The molecule has 0 unspecified atom stereocenters. The molecule has 1 aliphatic heterocycles. The maximum atomic E-state index is 6.44. The molecule has 180 valence electrons. The van der Waals surface area contributed by atoms with E-state index in [0.29, 0.717) is 46.3 Å². The van der Waals surface area contributed by atoms with E-state index in [1.165, 1.54) is 0 Å². The molecule has 0 radical (unpaired) electrons. The van der Waals surface area contributed by atoms with Crippen molar-refractivity contribution in [2.75, 3.05) is 50.7 Å². The summed E-state index contributed by atoms with van der Waals surface area (Å²) < 4.78 is 10.6. The number of anilines is 2. The van der Waals surface area contributed by atoms with Crippen molar-refractivity contribution in [1.82, 2.24) is 25.3 Å². The molecule has 3 heterocycles. The van der Waals surface area contributed by atoms with E-state index in [9.17, 15) is 0 Å². The molecule has 3 N–H and O–H groups in total. The van der Waals surface area contributed by atoms with Crippen LogP contribution >= 0.6 is 11.6 Å². The summed E-state index contributed by atoms with van der Waals surface area (Å²) in [6.45, 7) is 4.13. The molecule has 9 nitrogen and oxygen atoms in total. The van der Waals surface area contributed by atoms with Crippen LogP contribution in [-0.4, -0.2) is 72.0 Å². The lowest BCUT2D eigenvalue weighted by Crippen LogP contribution is -2.38. The zero-order chi connectivity index (χ0) is 22.9. The van der Waals surface area contributed by atoms with Gasteiger partial charge in [0.25, 0.3) is 0 Å². The minimum atomic E-state index is 0.349. The second kappa shape index (κ2) is 12.4. The first-order valence-electron chi connectivity index (χ1n) is 11.9. The first-order chi connectivity index (χ1) is 16.2. The molecule has 0 atom stereocenters. The second-order valence-electron chi connectivity index (χ2n) is 8.73. The van der Waals surface area contributed by atoms with Gasteiger partial charge in [-0.2, -0.15) is 0 Å². The number of halogens is 1. The van der Waals surface area contributed by atoms with Gasteiger partial charge in [-0.1, -0.05) is 11.6 Å². The van der Waals surface area contributed by atoms with Gasteiger partial charge in [-0.3, -0.25) is 0 Å². The molecule has 2 aliphatic rings. The molecular weight excluding hydrogens is 442 g/mol. The van der Waals surface area contributed by atoms with Gasteiger partial charge in [-0.25, -0.2) is 19.9 Å². The fourth-order valence-corrected chi connectivity index (χ4v) is 4.56. The molecule has 1 saturated heterocycles. The Morgan fingerprint density at radius 3 is 2.61 bits per heavy atom. The normalized spacial score (nSPS) is 21.6. The van der Waals surface area contributed by atoms with Crippen molar-refractivity contribution >= 4 is 23.5 Å². The van der Waals surface area contributed by atoms with Gasteiger partial charge in [0.15, 0.2) is 0 Å². The standard InChI is InChI=1S/C23H34ClN7O2/c1-32-13-10-25-17-2-4-18(5-3-17)29-23-28-15-19(24)21(31-23)20-6-9-26-22(30-20)27-14-16-7-11-33-12-8-16/h6,9,15-18,25H,2-5,7-8,10-14H2,1H3,(H,26,27,30)(H,28,29,31). The number of hydrogen-bond acceptors (Lipinski definition) is 9. The third-order valence-corrected chi connectivity index (χ3v) is 6.61. The highest BCUT2D eigenvalue weighted by Gasteiger charge is 2.22.